The summed E-state index contributed by atoms with van der Waals surface area (Å²) in [6.07, 6.45) is 3.74. The van der Waals surface area contributed by atoms with Gasteiger partial charge in [-0.3, -0.25) is 4.79 Å². The van der Waals surface area contributed by atoms with Gasteiger partial charge in [0.25, 0.3) is 0 Å². The van der Waals surface area contributed by atoms with Crippen molar-refractivity contribution in [3.63, 3.8) is 0 Å². The zero-order valence-electron chi connectivity index (χ0n) is 13.0. The van der Waals surface area contributed by atoms with Crippen molar-refractivity contribution in [2.75, 3.05) is 13.7 Å². The number of nitrogens with one attached hydrogen (secondary N) is 1. The van der Waals surface area contributed by atoms with E-state index < -0.39 is 11.2 Å². The van der Waals surface area contributed by atoms with Gasteiger partial charge >= 0.3 is 0 Å². The molecule has 0 spiro atoms. The van der Waals surface area contributed by atoms with Crippen LogP contribution in [0.1, 0.15) is 44.2 Å². The van der Waals surface area contributed by atoms with E-state index in [4.69, 9.17) is 10.5 Å². The molecule has 6 heteroatoms. The smallest absolute Gasteiger partial charge is 0.227 e. The fourth-order valence-corrected chi connectivity index (χ4v) is 2.96. The number of carbonyl (C=O) groups is 1. The molecule has 0 heterocycles. The van der Waals surface area contributed by atoms with Crippen LogP contribution >= 0.6 is 12.4 Å². The predicted molar refractivity (Wildman–Crippen MR) is 86.7 cm³/mol. The van der Waals surface area contributed by atoms with Gasteiger partial charge in [-0.25, -0.2) is 4.39 Å². The molecule has 0 bridgehead atoms. The van der Waals surface area contributed by atoms with Crippen LogP contribution in [-0.4, -0.2) is 19.6 Å². The summed E-state index contributed by atoms with van der Waals surface area (Å²) in [6.45, 7) is 2.21. The minimum Gasteiger partial charge on any atom is -0.494 e. The molecule has 1 aromatic carbocycles. The summed E-state index contributed by atoms with van der Waals surface area (Å²) < 4.78 is 18.6. The number of benzene rings is 1. The van der Waals surface area contributed by atoms with E-state index in [0.717, 1.165) is 25.7 Å². The van der Waals surface area contributed by atoms with Crippen molar-refractivity contribution in [2.45, 2.75) is 38.6 Å². The minimum absolute atomic E-state index is 0. The molecule has 22 heavy (non-hydrogen) atoms. The van der Waals surface area contributed by atoms with Gasteiger partial charge in [-0.05, 0) is 37.5 Å². The first-order valence-corrected chi connectivity index (χ1v) is 7.37. The highest BCUT2D eigenvalue weighted by Crippen LogP contribution is 2.37. The van der Waals surface area contributed by atoms with Gasteiger partial charge in [0, 0.05) is 6.54 Å². The third-order valence-corrected chi connectivity index (χ3v) is 4.46. The van der Waals surface area contributed by atoms with Crippen LogP contribution in [0.3, 0.4) is 0 Å². The molecule has 0 aromatic heterocycles. The predicted octanol–water partition coefficient (Wildman–Crippen LogP) is 2.95. The van der Waals surface area contributed by atoms with Crippen LogP contribution in [0, 0.1) is 11.2 Å². The first-order chi connectivity index (χ1) is 10.0. The summed E-state index contributed by atoms with van der Waals surface area (Å²) in [5, 5.41) is 2.97. The van der Waals surface area contributed by atoms with E-state index >= 15 is 0 Å². The Hall–Kier alpha value is -1.33. The molecule has 3 N–H and O–H groups in total. The van der Waals surface area contributed by atoms with Crippen LogP contribution in [-0.2, 0) is 4.79 Å². The SMILES string of the molecule is COc1ccc(C(C)NC(=O)C2(CN)CCCC2)cc1F.Cl. The molecule has 1 aliphatic carbocycles. The van der Waals surface area contributed by atoms with E-state index in [1.54, 1.807) is 12.1 Å². The molecule has 1 saturated carbocycles. The molecule has 1 aliphatic rings. The van der Waals surface area contributed by atoms with E-state index in [-0.39, 0.29) is 30.1 Å². The average molecular weight is 331 g/mol. The van der Waals surface area contributed by atoms with E-state index in [1.165, 1.54) is 13.2 Å². The van der Waals surface area contributed by atoms with Gasteiger partial charge in [0.1, 0.15) is 0 Å². The topological polar surface area (TPSA) is 64.3 Å². The number of methoxy groups -OCH3 is 1. The van der Waals surface area contributed by atoms with Crippen LogP contribution in [0.5, 0.6) is 5.75 Å². The highest BCUT2D eigenvalue weighted by molar-refractivity contribution is 5.85. The normalized spacial score (nSPS) is 17.5. The van der Waals surface area contributed by atoms with E-state index in [9.17, 15) is 9.18 Å². The number of nitrogens with two attached hydrogens (primary N) is 1. The number of halogens is 2. The Labute approximate surface area is 137 Å². The lowest BCUT2D eigenvalue weighted by Gasteiger charge is -2.28. The Kier molecular flexibility index (Phi) is 6.63. The molecule has 0 aliphatic heterocycles. The molecule has 1 amide bonds. The lowest BCUT2D eigenvalue weighted by atomic mass is 9.85. The van der Waals surface area contributed by atoms with Crippen molar-refractivity contribution in [1.29, 1.82) is 0 Å². The third kappa shape index (κ3) is 3.70. The standard InChI is InChI=1S/C16H23FN2O2.ClH/c1-11(12-5-6-14(21-2)13(17)9-12)19-15(20)16(10-18)7-3-4-8-16;/h5-6,9,11H,3-4,7-8,10,18H2,1-2H3,(H,19,20);1H. The molecule has 1 unspecified atom stereocenters. The second-order valence-electron chi connectivity index (χ2n) is 5.78. The van der Waals surface area contributed by atoms with Crippen molar-refractivity contribution >= 4 is 18.3 Å². The zero-order valence-corrected chi connectivity index (χ0v) is 13.8. The molecule has 2 rings (SSSR count). The summed E-state index contributed by atoms with van der Waals surface area (Å²) in [7, 11) is 1.42. The Morgan fingerprint density at radius 2 is 2.09 bits per heavy atom. The summed E-state index contributed by atoms with van der Waals surface area (Å²) in [5.74, 6) is -0.247. The fraction of sp³-hybridized carbons (Fsp3) is 0.562. The van der Waals surface area contributed by atoms with Crippen LogP contribution in [0.2, 0.25) is 0 Å². The lowest BCUT2D eigenvalue weighted by molar-refractivity contribution is -0.131. The Balaban J connectivity index is 0.00000242. The highest BCUT2D eigenvalue weighted by atomic mass is 35.5. The van der Waals surface area contributed by atoms with Crippen molar-refractivity contribution in [1.82, 2.24) is 5.32 Å². The van der Waals surface area contributed by atoms with Gasteiger partial charge in [0.15, 0.2) is 11.6 Å². The van der Waals surface area contributed by atoms with Crippen molar-refractivity contribution in [3.8, 4) is 5.75 Å². The van der Waals surface area contributed by atoms with Crippen molar-refractivity contribution in [2.24, 2.45) is 11.1 Å². The first-order valence-electron chi connectivity index (χ1n) is 7.37. The maximum absolute atomic E-state index is 13.7. The van der Waals surface area contributed by atoms with Gasteiger partial charge in [0.05, 0.1) is 18.6 Å². The Morgan fingerprint density at radius 1 is 1.45 bits per heavy atom. The van der Waals surface area contributed by atoms with E-state index in [1.807, 2.05) is 6.92 Å². The summed E-state index contributed by atoms with van der Waals surface area (Å²) >= 11 is 0. The van der Waals surface area contributed by atoms with E-state index in [0.29, 0.717) is 12.1 Å². The number of carbonyl (C=O) groups excluding carboxylic acids is 1. The van der Waals surface area contributed by atoms with Crippen LogP contribution in [0.25, 0.3) is 0 Å². The molecule has 1 fully saturated rings. The van der Waals surface area contributed by atoms with Gasteiger partial charge in [-0.15, -0.1) is 12.4 Å². The Bertz CT molecular complexity index is 519. The highest BCUT2D eigenvalue weighted by Gasteiger charge is 2.40. The van der Waals surface area contributed by atoms with Crippen LogP contribution in [0.15, 0.2) is 18.2 Å². The average Bonchev–Trinajstić information content (AvgIpc) is 2.97. The van der Waals surface area contributed by atoms with Crippen molar-refractivity contribution < 1.29 is 13.9 Å². The monoisotopic (exact) mass is 330 g/mol. The fourth-order valence-electron chi connectivity index (χ4n) is 2.96. The maximum atomic E-state index is 13.7. The second kappa shape index (κ2) is 7.79. The number of hydrogen-bond donors (Lipinski definition) is 2. The second-order valence-corrected chi connectivity index (χ2v) is 5.78. The zero-order chi connectivity index (χ0) is 15.5. The minimum atomic E-state index is -0.445. The van der Waals surface area contributed by atoms with E-state index in [2.05, 4.69) is 5.32 Å². The van der Waals surface area contributed by atoms with Crippen molar-refractivity contribution in [3.05, 3.63) is 29.6 Å². The number of rotatable bonds is 5. The van der Waals surface area contributed by atoms with Crippen LogP contribution < -0.4 is 15.8 Å². The molecule has 1 aromatic rings. The summed E-state index contributed by atoms with van der Waals surface area (Å²) in [6, 6.07) is 4.47. The number of amides is 1. The largest absolute Gasteiger partial charge is 0.494 e. The van der Waals surface area contributed by atoms with Gasteiger partial charge in [-0.2, -0.15) is 0 Å². The first kappa shape index (κ1) is 18.7. The molecule has 0 saturated heterocycles. The molecule has 4 nitrogen and oxygen atoms in total. The number of hydrogen-bond acceptors (Lipinski definition) is 3. The van der Waals surface area contributed by atoms with Gasteiger partial charge < -0.3 is 15.8 Å². The molecule has 1 atom stereocenters. The maximum Gasteiger partial charge on any atom is 0.227 e. The Morgan fingerprint density at radius 3 is 2.59 bits per heavy atom. The molecular weight excluding hydrogens is 307 g/mol. The third-order valence-electron chi connectivity index (χ3n) is 4.46. The molecule has 0 radical (unpaired) electrons. The van der Waals surface area contributed by atoms with Gasteiger partial charge in [-0.1, -0.05) is 18.9 Å². The van der Waals surface area contributed by atoms with Crippen LogP contribution in [0.4, 0.5) is 4.39 Å². The summed E-state index contributed by atoms with van der Waals surface area (Å²) in [4.78, 5) is 12.5. The lowest BCUT2D eigenvalue weighted by Crippen LogP contribution is -2.44. The quantitative estimate of drug-likeness (QED) is 0.872. The molecule has 124 valence electrons. The molecular formula is C16H24ClFN2O2. The number of ether oxygens (including phenoxy) is 1. The van der Waals surface area contributed by atoms with Gasteiger partial charge in [0.2, 0.25) is 5.91 Å². The summed E-state index contributed by atoms with van der Waals surface area (Å²) in [5.41, 5.74) is 6.08.